The topological polar surface area (TPSA) is 60.1 Å². The SMILES string of the molecule is CC1(C)CNc2c([N+](=O)[O-])cc(-c3ccccc3)n2C1. The number of hydrogen-bond donors (Lipinski definition) is 1. The molecule has 0 saturated heterocycles. The summed E-state index contributed by atoms with van der Waals surface area (Å²) in [4.78, 5) is 10.9. The van der Waals surface area contributed by atoms with Gasteiger partial charge in [-0.05, 0) is 5.56 Å². The van der Waals surface area contributed by atoms with Crippen LogP contribution in [-0.2, 0) is 6.54 Å². The lowest BCUT2D eigenvalue weighted by atomic mass is 9.92. The summed E-state index contributed by atoms with van der Waals surface area (Å²) in [6, 6.07) is 11.5. The van der Waals surface area contributed by atoms with E-state index >= 15 is 0 Å². The molecular formula is C15H17N3O2. The van der Waals surface area contributed by atoms with E-state index in [0.717, 1.165) is 24.3 Å². The van der Waals surface area contributed by atoms with Crippen LogP contribution in [0.1, 0.15) is 13.8 Å². The molecule has 2 heterocycles. The monoisotopic (exact) mass is 271 g/mol. The summed E-state index contributed by atoms with van der Waals surface area (Å²) in [7, 11) is 0. The van der Waals surface area contributed by atoms with E-state index in [4.69, 9.17) is 0 Å². The van der Waals surface area contributed by atoms with Crippen LogP contribution in [0.5, 0.6) is 0 Å². The van der Waals surface area contributed by atoms with Crippen molar-refractivity contribution in [2.24, 2.45) is 5.41 Å². The van der Waals surface area contributed by atoms with Crippen molar-refractivity contribution in [2.75, 3.05) is 11.9 Å². The lowest BCUT2D eigenvalue weighted by Gasteiger charge is -2.33. The number of nitrogens with one attached hydrogen (secondary N) is 1. The van der Waals surface area contributed by atoms with Gasteiger partial charge < -0.3 is 9.88 Å². The highest BCUT2D eigenvalue weighted by Gasteiger charge is 2.32. The molecule has 0 bridgehead atoms. The van der Waals surface area contributed by atoms with Gasteiger partial charge in [0.1, 0.15) is 0 Å². The first-order chi connectivity index (χ1) is 9.48. The van der Waals surface area contributed by atoms with Gasteiger partial charge in [0.2, 0.25) is 0 Å². The van der Waals surface area contributed by atoms with Gasteiger partial charge in [0.05, 0.1) is 10.6 Å². The van der Waals surface area contributed by atoms with Crippen LogP contribution in [0.25, 0.3) is 11.3 Å². The quantitative estimate of drug-likeness (QED) is 0.671. The summed E-state index contributed by atoms with van der Waals surface area (Å²) in [5, 5.41) is 14.4. The second-order valence-corrected chi connectivity index (χ2v) is 5.99. The summed E-state index contributed by atoms with van der Waals surface area (Å²) in [6.07, 6.45) is 0. The minimum atomic E-state index is -0.316. The molecule has 20 heavy (non-hydrogen) atoms. The highest BCUT2D eigenvalue weighted by atomic mass is 16.6. The molecule has 1 N–H and O–H groups in total. The zero-order chi connectivity index (χ0) is 14.3. The highest BCUT2D eigenvalue weighted by molar-refractivity contribution is 5.73. The molecule has 1 aromatic heterocycles. The fourth-order valence-electron chi connectivity index (χ4n) is 2.68. The number of rotatable bonds is 2. The van der Waals surface area contributed by atoms with Gasteiger partial charge in [0, 0.05) is 24.6 Å². The average molecular weight is 271 g/mol. The van der Waals surface area contributed by atoms with E-state index in [1.54, 1.807) is 6.07 Å². The Kier molecular flexibility index (Phi) is 2.78. The van der Waals surface area contributed by atoms with Crippen molar-refractivity contribution < 1.29 is 4.92 Å². The molecule has 1 aliphatic heterocycles. The third-order valence-corrected chi connectivity index (χ3v) is 3.66. The molecule has 0 aliphatic carbocycles. The van der Waals surface area contributed by atoms with Crippen LogP contribution in [0, 0.1) is 15.5 Å². The van der Waals surface area contributed by atoms with Crippen LogP contribution in [0.15, 0.2) is 36.4 Å². The van der Waals surface area contributed by atoms with Crippen molar-refractivity contribution in [3.63, 3.8) is 0 Å². The summed E-state index contributed by atoms with van der Waals surface area (Å²) in [6.45, 7) is 5.83. The molecule has 0 saturated carbocycles. The van der Waals surface area contributed by atoms with Crippen LogP contribution in [-0.4, -0.2) is 16.0 Å². The number of aromatic nitrogens is 1. The first-order valence-electron chi connectivity index (χ1n) is 6.65. The third-order valence-electron chi connectivity index (χ3n) is 3.66. The van der Waals surface area contributed by atoms with Crippen LogP contribution >= 0.6 is 0 Å². The van der Waals surface area contributed by atoms with Gasteiger partial charge in [-0.1, -0.05) is 44.2 Å². The van der Waals surface area contributed by atoms with E-state index in [1.165, 1.54) is 0 Å². The lowest BCUT2D eigenvalue weighted by Crippen LogP contribution is -2.34. The Morgan fingerprint density at radius 2 is 2.00 bits per heavy atom. The maximum Gasteiger partial charge on any atom is 0.311 e. The first kappa shape index (κ1) is 12.7. The van der Waals surface area contributed by atoms with Crippen molar-refractivity contribution in [1.29, 1.82) is 0 Å². The fourth-order valence-corrected chi connectivity index (χ4v) is 2.68. The molecule has 5 heteroatoms. The number of nitrogens with zero attached hydrogens (tertiary/aromatic N) is 2. The van der Waals surface area contributed by atoms with Crippen LogP contribution in [0.2, 0.25) is 0 Å². The Morgan fingerprint density at radius 3 is 2.65 bits per heavy atom. The molecule has 0 radical (unpaired) electrons. The molecule has 0 fully saturated rings. The summed E-state index contributed by atoms with van der Waals surface area (Å²) < 4.78 is 2.02. The predicted molar refractivity (Wildman–Crippen MR) is 78.8 cm³/mol. The van der Waals surface area contributed by atoms with Gasteiger partial charge in [-0.15, -0.1) is 0 Å². The number of nitro groups is 1. The van der Waals surface area contributed by atoms with Crippen molar-refractivity contribution in [3.05, 3.63) is 46.5 Å². The van der Waals surface area contributed by atoms with Gasteiger partial charge in [-0.3, -0.25) is 10.1 Å². The van der Waals surface area contributed by atoms with Crippen molar-refractivity contribution >= 4 is 11.5 Å². The Bertz CT molecular complexity index is 659. The van der Waals surface area contributed by atoms with Crippen molar-refractivity contribution in [3.8, 4) is 11.3 Å². The molecule has 2 aromatic rings. The minimum absolute atomic E-state index is 0.0728. The van der Waals surface area contributed by atoms with E-state index in [9.17, 15) is 10.1 Å². The standard InChI is InChI=1S/C15H17N3O2/c1-15(2)9-16-14-13(18(19)20)8-12(17(14)10-15)11-6-4-3-5-7-11/h3-8,16H,9-10H2,1-2H3. The molecule has 1 aliphatic rings. The molecule has 0 unspecified atom stereocenters. The fraction of sp³-hybridized carbons (Fsp3) is 0.333. The van der Waals surface area contributed by atoms with E-state index in [0.29, 0.717) is 5.82 Å². The summed E-state index contributed by atoms with van der Waals surface area (Å²) >= 11 is 0. The summed E-state index contributed by atoms with van der Waals surface area (Å²) in [5.41, 5.74) is 2.12. The molecular weight excluding hydrogens is 254 g/mol. The number of fused-ring (bicyclic) bond motifs is 1. The van der Waals surface area contributed by atoms with Gasteiger partial charge in [-0.2, -0.15) is 0 Å². The Hall–Kier alpha value is -2.30. The van der Waals surface area contributed by atoms with Gasteiger partial charge in [0.15, 0.2) is 5.82 Å². The molecule has 104 valence electrons. The maximum absolute atomic E-state index is 11.2. The normalized spacial score (nSPS) is 16.3. The average Bonchev–Trinajstić information content (AvgIpc) is 2.77. The van der Waals surface area contributed by atoms with E-state index < -0.39 is 0 Å². The zero-order valence-electron chi connectivity index (χ0n) is 11.6. The van der Waals surface area contributed by atoms with E-state index in [-0.39, 0.29) is 16.0 Å². The predicted octanol–water partition coefficient (Wildman–Crippen LogP) is 3.52. The van der Waals surface area contributed by atoms with Crippen molar-refractivity contribution in [1.82, 2.24) is 4.57 Å². The molecule has 0 spiro atoms. The molecule has 5 nitrogen and oxygen atoms in total. The number of anilines is 1. The molecule has 0 amide bonds. The maximum atomic E-state index is 11.2. The van der Waals surface area contributed by atoms with Crippen LogP contribution in [0.4, 0.5) is 11.5 Å². The zero-order valence-corrected chi connectivity index (χ0v) is 11.6. The highest BCUT2D eigenvalue weighted by Crippen LogP contribution is 2.40. The number of benzene rings is 1. The summed E-state index contributed by atoms with van der Waals surface area (Å²) in [5.74, 6) is 0.619. The Labute approximate surface area is 117 Å². The second-order valence-electron chi connectivity index (χ2n) is 5.99. The van der Waals surface area contributed by atoms with E-state index in [2.05, 4.69) is 19.2 Å². The van der Waals surface area contributed by atoms with Crippen LogP contribution < -0.4 is 5.32 Å². The van der Waals surface area contributed by atoms with Gasteiger partial charge >= 0.3 is 5.69 Å². The minimum Gasteiger partial charge on any atom is -0.365 e. The molecule has 3 rings (SSSR count). The van der Waals surface area contributed by atoms with E-state index in [1.807, 2.05) is 34.9 Å². The first-order valence-corrected chi connectivity index (χ1v) is 6.65. The van der Waals surface area contributed by atoms with Gasteiger partial charge in [-0.25, -0.2) is 0 Å². The van der Waals surface area contributed by atoms with Crippen LogP contribution in [0.3, 0.4) is 0 Å². The van der Waals surface area contributed by atoms with Crippen molar-refractivity contribution in [2.45, 2.75) is 20.4 Å². The lowest BCUT2D eigenvalue weighted by molar-refractivity contribution is -0.383. The van der Waals surface area contributed by atoms with Gasteiger partial charge in [0.25, 0.3) is 0 Å². The Balaban J connectivity index is 2.18. The smallest absolute Gasteiger partial charge is 0.311 e. The third kappa shape index (κ3) is 2.05. The second kappa shape index (κ2) is 4.37. The largest absolute Gasteiger partial charge is 0.365 e. The Morgan fingerprint density at radius 1 is 1.30 bits per heavy atom. The molecule has 1 aromatic carbocycles. The number of hydrogen-bond acceptors (Lipinski definition) is 3. The molecule has 0 atom stereocenters.